The molecular formula is C15H11NO2S. The Morgan fingerprint density at radius 2 is 1.89 bits per heavy atom. The van der Waals surface area contributed by atoms with Gasteiger partial charge in [-0.1, -0.05) is 30.3 Å². The van der Waals surface area contributed by atoms with Crippen LogP contribution in [-0.2, 0) is 6.54 Å². The fourth-order valence-corrected chi connectivity index (χ4v) is 2.77. The van der Waals surface area contributed by atoms with Gasteiger partial charge in [0, 0.05) is 16.5 Å². The van der Waals surface area contributed by atoms with Crippen molar-refractivity contribution in [2.24, 2.45) is 0 Å². The second-order valence-electron chi connectivity index (χ2n) is 4.24. The molecule has 0 bridgehead atoms. The summed E-state index contributed by atoms with van der Waals surface area (Å²) in [6, 6.07) is 12.7. The standard InChI is InChI=1S/C15H11NO2S/c17-13(11-4-2-1-3-5-11)10-16-8-6-14-12(15(16)18)7-9-19-14/h1-9H,10H2. The summed E-state index contributed by atoms with van der Waals surface area (Å²) in [4.78, 5) is 24.3. The van der Waals surface area contributed by atoms with Crippen molar-refractivity contribution in [1.82, 2.24) is 4.57 Å². The molecule has 0 N–H and O–H groups in total. The number of aromatic nitrogens is 1. The summed E-state index contributed by atoms with van der Waals surface area (Å²) < 4.78 is 2.41. The van der Waals surface area contributed by atoms with Crippen molar-refractivity contribution in [1.29, 1.82) is 0 Å². The molecule has 1 aromatic carbocycles. The number of carbonyl (C=O) groups excluding carboxylic acids is 1. The summed E-state index contributed by atoms with van der Waals surface area (Å²) in [6.07, 6.45) is 1.68. The van der Waals surface area contributed by atoms with E-state index in [1.54, 1.807) is 24.4 Å². The zero-order valence-corrected chi connectivity index (χ0v) is 10.9. The minimum atomic E-state index is -0.108. The Bertz CT molecular complexity index is 787. The number of ketones is 1. The number of thiophene rings is 1. The molecule has 0 aliphatic carbocycles. The van der Waals surface area contributed by atoms with E-state index in [2.05, 4.69) is 0 Å². The number of benzene rings is 1. The van der Waals surface area contributed by atoms with Gasteiger partial charge in [-0.15, -0.1) is 11.3 Å². The molecule has 2 heterocycles. The summed E-state index contributed by atoms with van der Waals surface area (Å²) in [5.74, 6) is -0.0581. The lowest BCUT2D eigenvalue weighted by Gasteiger charge is -2.05. The molecule has 19 heavy (non-hydrogen) atoms. The number of nitrogens with zero attached hydrogens (tertiary/aromatic N) is 1. The average Bonchev–Trinajstić information content (AvgIpc) is 2.92. The van der Waals surface area contributed by atoms with Gasteiger partial charge in [-0.2, -0.15) is 0 Å². The van der Waals surface area contributed by atoms with Gasteiger partial charge in [0.15, 0.2) is 5.78 Å². The van der Waals surface area contributed by atoms with Gasteiger partial charge >= 0.3 is 0 Å². The van der Waals surface area contributed by atoms with E-state index in [1.165, 1.54) is 15.9 Å². The zero-order valence-electron chi connectivity index (χ0n) is 10.1. The van der Waals surface area contributed by atoms with E-state index in [1.807, 2.05) is 29.6 Å². The first-order valence-electron chi connectivity index (χ1n) is 5.90. The Hall–Kier alpha value is -2.20. The maximum absolute atomic E-state index is 12.2. The van der Waals surface area contributed by atoms with Crippen LogP contribution in [0, 0.1) is 0 Å². The van der Waals surface area contributed by atoms with Crippen LogP contribution in [0.25, 0.3) is 10.1 Å². The van der Waals surface area contributed by atoms with E-state index >= 15 is 0 Å². The van der Waals surface area contributed by atoms with Gasteiger partial charge in [0.2, 0.25) is 0 Å². The molecule has 0 aliphatic rings. The lowest BCUT2D eigenvalue weighted by Crippen LogP contribution is -2.23. The molecule has 4 heteroatoms. The number of pyridine rings is 1. The van der Waals surface area contributed by atoms with Crippen LogP contribution in [0.15, 0.2) is 58.8 Å². The third-order valence-corrected chi connectivity index (χ3v) is 3.88. The summed E-state index contributed by atoms with van der Waals surface area (Å²) in [7, 11) is 0. The van der Waals surface area contributed by atoms with E-state index in [0.29, 0.717) is 10.9 Å². The van der Waals surface area contributed by atoms with E-state index in [-0.39, 0.29) is 17.9 Å². The molecule has 3 aromatic rings. The van der Waals surface area contributed by atoms with E-state index < -0.39 is 0 Å². The summed E-state index contributed by atoms with van der Waals surface area (Å²) in [5.41, 5.74) is 0.517. The molecule has 94 valence electrons. The van der Waals surface area contributed by atoms with Crippen LogP contribution in [0.2, 0.25) is 0 Å². The highest BCUT2D eigenvalue weighted by Crippen LogP contribution is 2.16. The third-order valence-electron chi connectivity index (χ3n) is 3.00. The van der Waals surface area contributed by atoms with Crippen molar-refractivity contribution in [2.75, 3.05) is 0 Å². The fourth-order valence-electron chi connectivity index (χ4n) is 2.00. The van der Waals surface area contributed by atoms with Crippen molar-refractivity contribution in [3.05, 3.63) is 70.0 Å². The number of hydrogen-bond donors (Lipinski definition) is 0. The SMILES string of the molecule is O=C(Cn1ccc2sccc2c1=O)c1ccccc1. The molecule has 0 unspecified atom stereocenters. The largest absolute Gasteiger partial charge is 0.307 e. The Kier molecular flexibility index (Phi) is 3.01. The van der Waals surface area contributed by atoms with Crippen LogP contribution in [0.1, 0.15) is 10.4 Å². The van der Waals surface area contributed by atoms with Crippen molar-refractivity contribution in [2.45, 2.75) is 6.54 Å². The second-order valence-corrected chi connectivity index (χ2v) is 5.18. The first-order chi connectivity index (χ1) is 9.25. The molecule has 0 fully saturated rings. The Balaban J connectivity index is 1.96. The number of rotatable bonds is 3. The summed E-state index contributed by atoms with van der Waals surface area (Å²) in [5, 5.41) is 2.56. The highest BCUT2D eigenvalue weighted by Gasteiger charge is 2.09. The van der Waals surface area contributed by atoms with E-state index in [0.717, 1.165) is 4.70 Å². The fraction of sp³-hybridized carbons (Fsp3) is 0.0667. The quantitative estimate of drug-likeness (QED) is 0.686. The highest BCUT2D eigenvalue weighted by molar-refractivity contribution is 7.17. The normalized spacial score (nSPS) is 10.7. The monoisotopic (exact) mass is 269 g/mol. The van der Waals surface area contributed by atoms with Crippen molar-refractivity contribution in [3.63, 3.8) is 0 Å². The second kappa shape index (κ2) is 4.82. The molecular weight excluding hydrogens is 258 g/mol. The molecule has 3 rings (SSSR count). The maximum atomic E-state index is 12.2. The Labute approximate surface area is 113 Å². The van der Waals surface area contributed by atoms with Gasteiger partial charge in [-0.3, -0.25) is 9.59 Å². The Morgan fingerprint density at radius 1 is 1.11 bits per heavy atom. The molecule has 0 aliphatic heterocycles. The molecule has 0 saturated carbocycles. The van der Waals surface area contributed by atoms with Crippen LogP contribution >= 0.6 is 11.3 Å². The highest BCUT2D eigenvalue weighted by atomic mass is 32.1. The summed E-state index contributed by atoms with van der Waals surface area (Å²) in [6.45, 7) is 0.0780. The van der Waals surface area contributed by atoms with Crippen LogP contribution in [0.5, 0.6) is 0 Å². The van der Waals surface area contributed by atoms with Crippen molar-refractivity contribution < 1.29 is 4.79 Å². The first-order valence-corrected chi connectivity index (χ1v) is 6.78. The molecule has 0 amide bonds. The van der Waals surface area contributed by atoms with Crippen LogP contribution in [-0.4, -0.2) is 10.4 Å². The van der Waals surface area contributed by atoms with E-state index in [4.69, 9.17) is 0 Å². The van der Waals surface area contributed by atoms with Gasteiger partial charge in [0.1, 0.15) is 0 Å². The van der Waals surface area contributed by atoms with Gasteiger partial charge < -0.3 is 4.57 Å². The number of hydrogen-bond acceptors (Lipinski definition) is 3. The van der Waals surface area contributed by atoms with E-state index in [9.17, 15) is 9.59 Å². The molecule has 0 saturated heterocycles. The number of carbonyl (C=O) groups is 1. The van der Waals surface area contributed by atoms with Crippen LogP contribution in [0.3, 0.4) is 0 Å². The topological polar surface area (TPSA) is 39.1 Å². The third kappa shape index (κ3) is 2.22. The smallest absolute Gasteiger partial charge is 0.259 e. The molecule has 0 radical (unpaired) electrons. The van der Waals surface area contributed by atoms with Crippen LogP contribution < -0.4 is 5.56 Å². The average molecular weight is 269 g/mol. The van der Waals surface area contributed by atoms with Gasteiger partial charge in [-0.05, 0) is 17.5 Å². The Morgan fingerprint density at radius 3 is 2.68 bits per heavy atom. The van der Waals surface area contributed by atoms with Gasteiger partial charge in [-0.25, -0.2) is 0 Å². The minimum Gasteiger partial charge on any atom is -0.307 e. The maximum Gasteiger partial charge on any atom is 0.259 e. The lowest BCUT2D eigenvalue weighted by atomic mass is 10.1. The van der Waals surface area contributed by atoms with Crippen molar-refractivity contribution in [3.8, 4) is 0 Å². The predicted molar refractivity (Wildman–Crippen MR) is 76.9 cm³/mol. The molecule has 0 atom stereocenters. The minimum absolute atomic E-state index is 0.0581. The van der Waals surface area contributed by atoms with Crippen LogP contribution in [0.4, 0.5) is 0 Å². The first kappa shape index (κ1) is 11.9. The lowest BCUT2D eigenvalue weighted by molar-refractivity contribution is 0.0971. The zero-order chi connectivity index (χ0) is 13.2. The number of fused-ring (bicyclic) bond motifs is 1. The predicted octanol–water partition coefficient (Wildman–Crippen LogP) is 2.95. The van der Waals surface area contributed by atoms with Gasteiger partial charge in [0.25, 0.3) is 5.56 Å². The summed E-state index contributed by atoms with van der Waals surface area (Å²) >= 11 is 1.53. The van der Waals surface area contributed by atoms with Crippen molar-refractivity contribution >= 4 is 27.2 Å². The number of Topliss-reactive ketones (excluding diaryl/α,β-unsaturated/α-hetero) is 1. The molecule has 2 aromatic heterocycles. The van der Waals surface area contributed by atoms with Gasteiger partial charge in [0.05, 0.1) is 11.9 Å². The molecule has 3 nitrogen and oxygen atoms in total. The molecule has 0 spiro atoms.